The first-order valence-electron chi connectivity index (χ1n) is 8.02. The molecule has 8 heteroatoms. The standard InChI is InChI=1S/C10H6BrN3.C10H7N3O/c11-9-6-3-1-2-4-8(6)14-10(13)7(9)5-12;11-5-7-9(14)6-3-1-2-4-8(6)13-10(7)12/h1-4H,(H2,13,14);1-4H,(H3,12,13,14). The third-order valence-electron chi connectivity index (χ3n) is 4.02. The molecule has 0 saturated carbocycles. The summed E-state index contributed by atoms with van der Waals surface area (Å²) >= 11 is 3.35. The van der Waals surface area contributed by atoms with Gasteiger partial charge in [0.05, 0.1) is 11.0 Å². The first kappa shape index (κ1) is 18.9. The maximum atomic E-state index is 11.7. The van der Waals surface area contributed by atoms with Gasteiger partial charge in [0, 0.05) is 15.2 Å². The van der Waals surface area contributed by atoms with E-state index < -0.39 is 0 Å². The van der Waals surface area contributed by atoms with Crippen molar-refractivity contribution >= 4 is 49.4 Å². The number of nitrogens with two attached hydrogens (primary N) is 2. The largest absolute Gasteiger partial charge is 0.384 e. The molecule has 7 nitrogen and oxygen atoms in total. The van der Waals surface area contributed by atoms with Crippen LogP contribution in [0.5, 0.6) is 0 Å². The van der Waals surface area contributed by atoms with Crippen molar-refractivity contribution in [2.45, 2.75) is 0 Å². The number of aromatic nitrogens is 2. The van der Waals surface area contributed by atoms with Crippen LogP contribution in [0.1, 0.15) is 11.1 Å². The highest BCUT2D eigenvalue weighted by Crippen LogP contribution is 2.28. The van der Waals surface area contributed by atoms with Crippen LogP contribution in [0.4, 0.5) is 11.6 Å². The normalized spacial score (nSPS) is 9.96. The number of aromatic amines is 1. The summed E-state index contributed by atoms with van der Waals surface area (Å²) in [5, 5.41) is 19.0. The van der Waals surface area contributed by atoms with Crippen molar-refractivity contribution in [3.63, 3.8) is 0 Å². The van der Waals surface area contributed by atoms with Gasteiger partial charge >= 0.3 is 0 Å². The molecule has 0 atom stereocenters. The van der Waals surface area contributed by atoms with Crippen molar-refractivity contribution < 1.29 is 0 Å². The number of fused-ring (bicyclic) bond motifs is 2. The summed E-state index contributed by atoms with van der Waals surface area (Å²) in [6.07, 6.45) is 0. The number of rotatable bonds is 0. The second-order valence-electron chi connectivity index (χ2n) is 5.72. The Morgan fingerprint density at radius 3 is 2.21 bits per heavy atom. The highest BCUT2D eigenvalue weighted by molar-refractivity contribution is 9.10. The van der Waals surface area contributed by atoms with Gasteiger partial charge in [-0.15, -0.1) is 0 Å². The SMILES string of the molecule is N#Cc1c(N)[nH]c2ccccc2c1=O.N#Cc1c(N)nc2ccccc2c1Br. The summed E-state index contributed by atoms with van der Waals surface area (Å²) in [4.78, 5) is 18.6. The lowest BCUT2D eigenvalue weighted by molar-refractivity contribution is 1.35. The summed E-state index contributed by atoms with van der Waals surface area (Å²) < 4.78 is 0.711. The monoisotopic (exact) mass is 432 g/mol. The topological polar surface area (TPSA) is 145 Å². The molecule has 0 spiro atoms. The van der Waals surface area contributed by atoms with E-state index in [1.165, 1.54) is 0 Å². The number of nitrogen functional groups attached to an aromatic ring is 2. The number of nitrogens with one attached hydrogen (secondary N) is 1. The van der Waals surface area contributed by atoms with Gasteiger partial charge in [-0.1, -0.05) is 30.3 Å². The van der Waals surface area contributed by atoms with Gasteiger partial charge in [0.2, 0.25) is 5.43 Å². The van der Waals surface area contributed by atoms with Crippen LogP contribution in [-0.4, -0.2) is 9.97 Å². The maximum Gasteiger partial charge on any atom is 0.209 e. The van der Waals surface area contributed by atoms with Gasteiger partial charge in [-0.3, -0.25) is 4.79 Å². The molecule has 2 aromatic carbocycles. The van der Waals surface area contributed by atoms with Gasteiger partial charge < -0.3 is 16.5 Å². The zero-order valence-electron chi connectivity index (χ0n) is 14.4. The number of halogens is 1. The molecular formula is C20H13BrN6O. The van der Waals surface area contributed by atoms with E-state index in [1.54, 1.807) is 30.3 Å². The van der Waals surface area contributed by atoms with Crippen LogP contribution < -0.4 is 16.9 Å². The number of pyridine rings is 2. The molecule has 5 N–H and O–H groups in total. The van der Waals surface area contributed by atoms with Gasteiger partial charge in [-0.25, -0.2) is 4.98 Å². The molecule has 0 bridgehead atoms. The Morgan fingerprint density at radius 1 is 0.929 bits per heavy atom. The molecule has 2 aromatic heterocycles. The van der Waals surface area contributed by atoms with Crippen LogP contribution in [0.2, 0.25) is 0 Å². The lowest BCUT2D eigenvalue weighted by Gasteiger charge is -2.04. The zero-order valence-corrected chi connectivity index (χ0v) is 16.0. The first-order valence-corrected chi connectivity index (χ1v) is 8.81. The van der Waals surface area contributed by atoms with Gasteiger partial charge in [0.15, 0.2) is 0 Å². The fourth-order valence-corrected chi connectivity index (χ4v) is 3.29. The van der Waals surface area contributed by atoms with Crippen molar-refractivity contribution in [1.29, 1.82) is 10.5 Å². The molecule has 0 saturated heterocycles. The predicted molar refractivity (Wildman–Crippen MR) is 112 cm³/mol. The Balaban J connectivity index is 0.000000161. The van der Waals surface area contributed by atoms with Gasteiger partial charge in [0.1, 0.15) is 34.9 Å². The number of benzene rings is 2. The number of hydrogen-bond acceptors (Lipinski definition) is 6. The molecule has 0 radical (unpaired) electrons. The van der Waals surface area contributed by atoms with Gasteiger partial charge in [-0.05, 0) is 34.1 Å². The maximum absolute atomic E-state index is 11.7. The van der Waals surface area contributed by atoms with Gasteiger partial charge in [-0.2, -0.15) is 10.5 Å². The average molecular weight is 433 g/mol. The number of H-pyrrole nitrogens is 1. The second-order valence-corrected chi connectivity index (χ2v) is 6.51. The highest BCUT2D eigenvalue weighted by Gasteiger charge is 2.10. The molecule has 0 aliphatic carbocycles. The molecular weight excluding hydrogens is 420 g/mol. The third-order valence-corrected chi connectivity index (χ3v) is 4.84. The molecule has 0 amide bonds. The lowest BCUT2D eigenvalue weighted by Crippen LogP contribution is -2.11. The quantitative estimate of drug-likeness (QED) is 0.387. The second kappa shape index (κ2) is 7.78. The molecule has 4 aromatic rings. The Labute approximate surface area is 168 Å². The Bertz CT molecular complexity index is 1350. The van der Waals surface area contributed by atoms with Crippen molar-refractivity contribution in [1.82, 2.24) is 9.97 Å². The van der Waals surface area contributed by atoms with Crippen LogP contribution in [0.3, 0.4) is 0 Å². The highest BCUT2D eigenvalue weighted by atomic mass is 79.9. The Morgan fingerprint density at radius 2 is 1.54 bits per heavy atom. The molecule has 136 valence electrons. The molecule has 0 fully saturated rings. The summed E-state index contributed by atoms with van der Waals surface area (Å²) in [7, 11) is 0. The van der Waals surface area contributed by atoms with E-state index in [9.17, 15) is 4.79 Å². The average Bonchev–Trinajstić information content (AvgIpc) is 2.69. The van der Waals surface area contributed by atoms with E-state index in [0.29, 0.717) is 20.9 Å². The fraction of sp³-hybridized carbons (Fsp3) is 0. The molecule has 0 unspecified atom stereocenters. The van der Waals surface area contributed by atoms with Crippen molar-refractivity contribution in [3.8, 4) is 12.1 Å². The smallest absolute Gasteiger partial charge is 0.209 e. The van der Waals surface area contributed by atoms with Crippen LogP contribution in [0.15, 0.2) is 57.8 Å². The summed E-state index contributed by atoms with van der Waals surface area (Å²) in [6.45, 7) is 0. The first-order chi connectivity index (χ1) is 13.5. The number of anilines is 2. The third kappa shape index (κ3) is 3.37. The van der Waals surface area contributed by atoms with E-state index in [-0.39, 0.29) is 22.6 Å². The van der Waals surface area contributed by atoms with Crippen molar-refractivity contribution in [2.24, 2.45) is 0 Å². The predicted octanol–water partition coefficient (Wildman–Crippen LogP) is 3.43. The van der Waals surface area contributed by atoms with E-state index in [1.807, 2.05) is 30.3 Å². The number of hydrogen-bond donors (Lipinski definition) is 3. The van der Waals surface area contributed by atoms with Crippen LogP contribution in [0.25, 0.3) is 21.8 Å². The number of para-hydroxylation sites is 2. The number of nitrogens with zero attached hydrogens (tertiary/aromatic N) is 3. The Kier molecular flexibility index (Phi) is 5.25. The van der Waals surface area contributed by atoms with Crippen LogP contribution in [-0.2, 0) is 0 Å². The minimum Gasteiger partial charge on any atom is -0.384 e. The van der Waals surface area contributed by atoms with E-state index in [0.717, 1.165) is 10.9 Å². The summed E-state index contributed by atoms with van der Waals surface area (Å²) in [5.74, 6) is 0.384. The van der Waals surface area contributed by atoms with Crippen molar-refractivity contribution in [3.05, 3.63) is 74.4 Å². The Hall–Kier alpha value is -3.88. The molecule has 28 heavy (non-hydrogen) atoms. The van der Waals surface area contributed by atoms with Gasteiger partial charge in [0.25, 0.3) is 0 Å². The summed E-state index contributed by atoms with van der Waals surface area (Å²) in [5.41, 5.74) is 12.6. The zero-order chi connectivity index (χ0) is 20.3. The molecule has 4 rings (SSSR count). The molecule has 0 aliphatic heterocycles. The molecule has 2 heterocycles. The van der Waals surface area contributed by atoms with Crippen molar-refractivity contribution in [2.75, 3.05) is 11.5 Å². The minimum absolute atomic E-state index is 0.0244. The van der Waals surface area contributed by atoms with E-state index >= 15 is 0 Å². The molecule has 0 aliphatic rings. The van der Waals surface area contributed by atoms with Crippen LogP contribution in [0, 0.1) is 22.7 Å². The minimum atomic E-state index is -0.320. The van der Waals surface area contributed by atoms with Crippen LogP contribution >= 0.6 is 15.9 Å². The fourth-order valence-electron chi connectivity index (χ4n) is 2.66. The summed E-state index contributed by atoms with van der Waals surface area (Å²) in [6, 6.07) is 18.3. The lowest BCUT2D eigenvalue weighted by atomic mass is 10.1. The van der Waals surface area contributed by atoms with E-state index in [4.69, 9.17) is 22.0 Å². The van der Waals surface area contributed by atoms with E-state index in [2.05, 4.69) is 25.9 Å². The number of nitriles is 2.